The second-order valence-corrected chi connectivity index (χ2v) is 33.6. The Balaban J connectivity index is 4.54. The average Bonchev–Trinajstić information content (AvgIpc) is 0.900. The molecule has 0 heterocycles. The van der Waals surface area contributed by atoms with Gasteiger partial charge in [-0.15, -0.1) is 0 Å². The molecule has 670 valence electrons. The van der Waals surface area contributed by atoms with Crippen molar-refractivity contribution in [3.63, 3.8) is 0 Å². The van der Waals surface area contributed by atoms with E-state index < -0.39 is 91.5 Å². The van der Waals surface area contributed by atoms with E-state index in [1.807, 2.05) is 0 Å². The highest BCUT2D eigenvalue weighted by Gasteiger charge is 2.29. The first kappa shape index (κ1) is 112. The minimum atomic E-state index is -4.95. The van der Waals surface area contributed by atoms with Crippen molar-refractivity contribution in [1.82, 2.24) is 0 Å². The van der Waals surface area contributed by atoms with E-state index in [4.69, 9.17) is 32.3 Å². The van der Waals surface area contributed by atoms with Crippen molar-refractivity contribution < 1.29 is 75.8 Å². The van der Waals surface area contributed by atoms with Crippen LogP contribution >= 0.6 is 15.6 Å². The normalized spacial score (nSPS) is 14.6. The lowest BCUT2D eigenvalue weighted by Crippen LogP contribution is -2.30. The van der Waals surface area contributed by atoms with Gasteiger partial charge in [-0.25, -0.2) is 9.13 Å². The van der Waals surface area contributed by atoms with Crippen LogP contribution in [0.3, 0.4) is 0 Å². The minimum Gasteiger partial charge on any atom is -0.463 e. The van der Waals surface area contributed by atoms with Gasteiger partial charge in [0.05, 0.1) is 26.4 Å². The number of hydrogen-bond acceptors (Lipinski definition) is 14. The largest absolute Gasteiger partial charge is 0.472 e. The number of unbranched alkanes of at least 4 members (excludes halogenated alkanes) is 36. The minimum absolute atomic E-state index is 0.0766. The number of aliphatic hydroxyl groups excluding tert-OH is 2. The summed E-state index contributed by atoms with van der Waals surface area (Å²) in [6.45, 7) is 2.44. The fraction of sp³-hybridized carbons (Fsp3) is 0.687. The monoisotopic (exact) mass is 1680 g/mol. The van der Waals surface area contributed by atoms with Crippen LogP contribution in [0.15, 0.2) is 170 Å². The van der Waals surface area contributed by atoms with Crippen LogP contribution in [0.1, 0.15) is 380 Å². The van der Waals surface area contributed by atoms with E-state index in [0.29, 0.717) is 19.3 Å². The van der Waals surface area contributed by atoms with E-state index in [1.165, 1.54) is 154 Å². The molecular formula is C99H168O16P2. The van der Waals surface area contributed by atoms with Gasteiger partial charge in [-0.1, -0.05) is 377 Å². The molecule has 0 saturated heterocycles. The number of rotatable bonds is 87. The smallest absolute Gasteiger partial charge is 0.463 e. The maximum atomic E-state index is 13.1. The fourth-order valence-electron chi connectivity index (χ4n) is 12.4. The van der Waals surface area contributed by atoms with Crippen LogP contribution in [0, 0.1) is 0 Å². The van der Waals surface area contributed by atoms with Crippen LogP contribution in [0.2, 0.25) is 0 Å². The molecule has 0 aliphatic heterocycles. The lowest BCUT2D eigenvalue weighted by molar-refractivity contribution is -0.161. The van der Waals surface area contributed by atoms with Crippen molar-refractivity contribution in [2.75, 3.05) is 39.6 Å². The average molecular weight is 1680 g/mol. The quantitative estimate of drug-likeness (QED) is 0.0146. The molecule has 0 aliphatic carbocycles. The van der Waals surface area contributed by atoms with Crippen LogP contribution < -0.4 is 0 Å². The van der Waals surface area contributed by atoms with Gasteiger partial charge in [-0.2, -0.15) is 0 Å². The van der Waals surface area contributed by atoms with E-state index >= 15 is 0 Å². The van der Waals surface area contributed by atoms with Crippen molar-refractivity contribution in [3.05, 3.63) is 170 Å². The first-order valence-corrected chi connectivity index (χ1v) is 49.4. The Morgan fingerprint density at radius 3 is 0.718 bits per heavy atom. The Morgan fingerprint density at radius 2 is 0.453 bits per heavy atom. The number of carbonyl (C=O) groups excluding carboxylic acids is 3. The molecule has 0 saturated carbocycles. The van der Waals surface area contributed by atoms with Gasteiger partial charge >= 0.3 is 33.6 Å². The first-order valence-electron chi connectivity index (χ1n) is 46.4. The molecule has 5 atom stereocenters. The van der Waals surface area contributed by atoms with E-state index in [1.54, 1.807) is 0 Å². The summed E-state index contributed by atoms with van der Waals surface area (Å²) in [6, 6.07) is 0. The third kappa shape index (κ3) is 91.5. The van der Waals surface area contributed by atoms with Crippen molar-refractivity contribution >= 4 is 33.6 Å². The zero-order valence-electron chi connectivity index (χ0n) is 73.8. The van der Waals surface area contributed by atoms with Crippen LogP contribution in [0.4, 0.5) is 0 Å². The standard InChI is InChI=1S/C99H168O16P2/c1-4-7-10-13-16-19-22-25-28-31-34-37-39-41-42-43-44-45-46-47-48-49-50-52-54-56-58-61-64-67-70-73-76-79-82-85-97(102)109-88-94(100)89-111-116(105,106)112-90-95(101)91-113-117(107,108)114-93-96(115-99(104)87-84-81-78-75-72-69-66-63-60-55-36-33-30-27-24-21-18-15-12-9-6-3)92-110-98(103)86-83-80-77-74-71-68-65-62-59-57-53-51-40-38-35-32-29-26-23-20-17-14-11-8-5-2/h7,9-10,12,16-21,25-30,34-38,41-42,51,53,55,63,66,94-96,100-101H,4-6,8,11,13-15,22-24,31-33,39-40,43-50,52,54,56-62,64-65,67-93H2,1-3H3,(H,105,106)(H,107,108)/b10-7-,12-9-,19-16-,20-17-,21-18-,28-25-,29-26-,30-27-,37-34-,38-35-,42-41-,53-51-,55-36-,66-63-. The second-order valence-electron chi connectivity index (χ2n) is 30.7. The Morgan fingerprint density at radius 1 is 0.248 bits per heavy atom. The summed E-state index contributed by atoms with van der Waals surface area (Å²) < 4.78 is 61.5. The second kappa shape index (κ2) is 90.2. The summed E-state index contributed by atoms with van der Waals surface area (Å²) in [5, 5.41) is 20.7. The first-order chi connectivity index (χ1) is 57.2. The SMILES string of the molecule is CC/C=C\C/C=C\C/C=C\C/C=C\C/C=C\CCCCCCCCCCCCCCCCCCCCCC(=O)OCC(O)COP(=O)(O)OCC(O)COP(=O)(O)OCC(COC(=O)CCCCCCCCCCC/C=C\C/C=C\C/C=C\C/C=C\CCCCC)OC(=O)CCCCCCC/C=C\C/C=C\C/C=C\C/C=C\C/C=C\CC. The molecule has 0 rings (SSSR count). The van der Waals surface area contributed by atoms with Gasteiger partial charge in [0, 0.05) is 19.3 Å². The molecule has 16 nitrogen and oxygen atoms in total. The number of esters is 3. The molecular weight excluding hydrogens is 1510 g/mol. The summed E-state index contributed by atoms with van der Waals surface area (Å²) in [5.41, 5.74) is 0. The van der Waals surface area contributed by atoms with E-state index in [2.05, 4.69) is 191 Å². The van der Waals surface area contributed by atoms with Gasteiger partial charge in [-0.05, 0) is 154 Å². The van der Waals surface area contributed by atoms with Crippen LogP contribution in [-0.2, 0) is 55.8 Å². The maximum Gasteiger partial charge on any atom is 0.472 e. The molecule has 0 spiro atoms. The van der Waals surface area contributed by atoms with E-state index in [9.17, 15) is 43.5 Å². The molecule has 0 aliphatic rings. The number of aliphatic hydroxyl groups is 2. The van der Waals surface area contributed by atoms with E-state index in [0.717, 1.165) is 167 Å². The van der Waals surface area contributed by atoms with Gasteiger partial charge in [0.25, 0.3) is 0 Å². The number of phosphoric ester groups is 2. The molecule has 18 heteroatoms. The molecule has 0 fully saturated rings. The van der Waals surface area contributed by atoms with Crippen LogP contribution in [-0.4, -0.2) is 95.9 Å². The summed E-state index contributed by atoms with van der Waals surface area (Å²) in [5.74, 6) is -1.60. The summed E-state index contributed by atoms with van der Waals surface area (Å²) in [4.78, 5) is 59.0. The predicted octanol–water partition coefficient (Wildman–Crippen LogP) is 28.7. The molecule has 4 N–H and O–H groups in total. The Labute approximate surface area is 713 Å². The molecule has 5 unspecified atom stereocenters. The van der Waals surface area contributed by atoms with Gasteiger partial charge in [0.1, 0.15) is 25.4 Å². The predicted molar refractivity (Wildman–Crippen MR) is 491 cm³/mol. The molecule has 0 aromatic heterocycles. The number of phosphoric acid groups is 2. The lowest BCUT2D eigenvalue weighted by atomic mass is 10.0. The van der Waals surface area contributed by atoms with Crippen molar-refractivity contribution in [2.24, 2.45) is 0 Å². The summed E-state index contributed by atoms with van der Waals surface area (Å²) >= 11 is 0. The van der Waals surface area contributed by atoms with Crippen molar-refractivity contribution in [2.45, 2.75) is 399 Å². The zero-order valence-corrected chi connectivity index (χ0v) is 75.6. The van der Waals surface area contributed by atoms with Crippen molar-refractivity contribution in [1.29, 1.82) is 0 Å². The number of carbonyl (C=O) groups is 3. The van der Waals surface area contributed by atoms with Gasteiger partial charge < -0.3 is 34.2 Å². The molecule has 117 heavy (non-hydrogen) atoms. The zero-order chi connectivity index (χ0) is 85.1. The highest BCUT2D eigenvalue weighted by molar-refractivity contribution is 7.47. The summed E-state index contributed by atoms with van der Waals surface area (Å²) in [7, 11) is -9.82. The lowest BCUT2D eigenvalue weighted by Gasteiger charge is -2.21. The molecule has 0 aromatic carbocycles. The highest BCUT2D eigenvalue weighted by Crippen LogP contribution is 2.45. The molecule has 0 radical (unpaired) electrons. The van der Waals surface area contributed by atoms with Crippen LogP contribution in [0.25, 0.3) is 0 Å². The van der Waals surface area contributed by atoms with E-state index in [-0.39, 0.29) is 19.3 Å². The number of ether oxygens (including phenoxy) is 3. The van der Waals surface area contributed by atoms with Gasteiger partial charge in [0.15, 0.2) is 6.10 Å². The topological polar surface area (TPSA) is 231 Å². The highest BCUT2D eigenvalue weighted by atomic mass is 31.2. The molecule has 0 bridgehead atoms. The Bertz CT molecular complexity index is 2810. The third-order valence-corrected chi connectivity index (χ3v) is 21.3. The molecule has 0 amide bonds. The Hall–Kier alpha value is -5.09. The third-order valence-electron chi connectivity index (χ3n) is 19.4. The summed E-state index contributed by atoms with van der Waals surface area (Å²) in [6.07, 6.45) is 117. The molecule has 0 aromatic rings. The number of hydrogen-bond donors (Lipinski definition) is 4. The van der Waals surface area contributed by atoms with Gasteiger partial charge in [0.2, 0.25) is 0 Å². The van der Waals surface area contributed by atoms with Crippen molar-refractivity contribution in [3.8, 4) is 0 Å². The van der Waals surface area contributed by atoms with Gasteiger partial charge in [-0.3, -0.25) is 32.5 Å². The fourth-order valence-corrected chi connectivity index (χ4v) is 14.0. The number of allylic oxidation sites excluding steroid dienone is 28. The van der Waals surface area contributed by atoms with Crippen LogP contribution in [0.5, 0.6) is 0 Å². The Kier molecular flexibility index (Phi) is 86.2. The maximum absolute atomic E-state index is 13.1.